The standard InChI is InChI=1S/C39H65N5O7/c1-13-23(4)34(43(10)32(46)21-40-39(49)33(22(2)3)42(8)9)30(50-11)20-31(45)44-29(19-28-24(5)35(28)44)37(51-12)25(6)38(48)41-26(7)36(47)27-17-15-14-16-18-27/h14-18,22-26,28-30,33-37,47H,13,19-21H2,1-12H3,(H,40,49)(H,41,48). The van der Waals surface area contributed by atoms with Gasteiger partial charge in [0.25, 0.3) is 0 Å². The zero-order chi connectivity index (χ0) is 38.3. The topological polar surface area (TPSA) is 141 Å². The fourth-order valence-corrected chi connectivity index (χ4v) is 8.36. The number of likely N-dealkylation sites (tertiary alicyclic amines) is 1. The molecule has 1 aliphatic heterocycles. The van der Waals surface area contributed by atoms with Crippen LogP contribution in [0.3, 0.4) is 0 Å². The average Bonchev–Trinajstić information content (AvgIpc) is 3.52. The highest BCUT2D eigenvalue weighted by Crippen LogP contribution is 2.54. The normalized spacial score (nSPS) is 24.5. The van der Waals surface area contributed by atoms with Crippen LogP contribution in [0.4, 0.5) is 0 Å². The largest absolute Gasteiger partial charge is 0.386 e. The van der Waals surface area contributed by atoms with Crippen molar-refractivity contribution in [2.45, 2.75) is 116 Å². The van der Waals surface area contributed by atoms with Crippen molar-refractivity contribution in [3.05, 3.63) is 35.9 Å². The number of ether oxygens (including phenoxy) is 2. The molecule has 1 aliphatic carbocycles. The van der Waals surface area contributed by atoms with Gasteiger partial charge in [-0.05, 0) is 56.7 Å². The zero-order valence-electron chi connectivity index (χ0n) is 33.0. The minimum Gasteiger partial charge on any atom is -0.386 e. The third-order valence-electron chi connectivity index (χ3n) is 11.5. The predicted octanol–water partition coefficient (Wildman–Crippen LogP) is 3.09. The second-order valence-corrected chi connectivity index (χ2v) is 15.5. The third-order valence-corrected chi connectivity index (χ3v) is 11.5. The molecule has 288 valence electrons. The van der Waals surface area contributed by atoms with Gasteiger partial charge in [0.15, 0.2) is 0 Å². The zero-order valence-corrected chi connectivity index (χ0v) is 33.0. The van der Waals surface area contributed by atoms with E-state index in [1.165, 1.54) is 0 Å². The van der Waals surface area contributed by atoms with E-state index in [4.69, 9.17) is 9.47 Å². The van der Waals surface area contributed by atoms with Gasteiger partial charge >= 0.3 is 0 Å². The molecule has 1 aromatic carbocycles. The summed E-state index contributed by atoms with van der Waals surface area (Å²) >= 11 is 0. The van der Waals surface area contributed by atoms with Gasteiger partial charge in [0.2, 0.25) is 23.6 Å². The van der Waals surface area contributed by atoms with E-state index in [1.54, 1.807) is 40.0 Å². The number of hydrogen-bond donors (Lipinski definition) is 3. The molecule has 4 amide bonds. The van der Waals surface area contributed by atoms with Crippen LogP contribution in [-0.4, -0.2) is 128 Å². The van der Waals surface area contributed by atoms with Gasteiger partial charge in [-0.2, -0.15) is 0 Å². The number of methoxy groups -OCH3 is 2. The molecule has 3 rings (SSSR count). The van der Waals surface area contributed by atoms with E-state index in [-0.39, 0.29) is 66.6 Å². The average molecular weight is 716 g/mol. The number of carbonyl (C=O) groups is 4. The van der Waals surface area contributed by atoms with Crippen molar-refractivity contribution in [2.75, 3.05) is 41.9 Å². The molecule has 51 heavy (non-hydrogen) atoms. The molecule has 0 bridgehead atoms. The molecule has 1 saturated heterocycles. The molecule has 12 nitrogen and oxygen atoms in total. The summed E-state index contributed by atoms with van der Waals surface area (Å²) in [5.41, 5.74) is 0.715. The lowest BCUT2D eigenvalue weighted by molar-refractivity contribution is -0.147. The molecule has 1 heterocycles. The van der Waals surface area contributed by atoms with E-state index in [0.717, 1.165) is 12.8 Å². The molecule has 12 atom stereocenters. The second-order valence-electron chi connectivity index (χ2n) is 15.5. The number of aliphatic hydroxyl groups excluding tert-OH is 1. The van der Waals surface area contributed by atoms with E-state index in [2.05, 4.69) is 17.6 Å². The van der Waals surface area contributed by atoms with Crippen LogP contribution in [0.25, 0.3) is 0 Å². The Bertz CT molecular complexity index is 1300. The number of nitrogens with zero attached hydrogens (tertiary/aromatic N) is 3. The van der Waals surface area contributed by atoms with Crippen molar-refractivity contribution in [3.8, 4) is 0 Å². The minimum atomic E-state index is -0.873. The Kier molecular flexibility index (Phi) is 15.5. The highest BCUT2D eigenvalue weighted by Gasteiger charge is 2.62. The molecular formula is C39H65N5O7. The van der Waals surface area contributed by atoms with Gasteiger partial charge in [-0.1, -0.05) is 78.3 Å². The van der Waals surface area contributed by atoms with Gasteiger partial charge in [-0.15, -0.1) is 0 Å². The molecule has 12 unspecified atom stereocenters. The lowest BCUT2D eigenvalue weighted by atomic mass is 9.89. The highest BCUT2D eigenvalue weighted by molar-refractivity contribution is 5.88. The maximum atomic E-state index is 14.4. The maximum Gasteiger partial charge on any atom is 0.242 e. The van der Waals surface area contributed by atoms with Crippen LogP contribution in [-0.2, 0) is 28.7 Å². The molecule has 2 fully saturated rings. The fourth-order valence-electron chi connectivity index (χ4n) is 8.36. The van der Waals surface area contributed by atoms with Crippen molar-refractivity contribution < 1.29 is 33.8 Å². The van der Waals surface area contributed by atoms with E-state index in [9.17, 15) is 24.3 Å². The quantitative estimate of drug-likeness (QED) is 0.199. The molecule has 0 spiro atoms. The fraction of sp³-hybridized carbons (Fsp3) is 0.744. The first-order valence-corrected chi connectivity index (χ1v) is 18.6. The van der Waals surface area contributed by atoms with E-state index >= 15 is 0 Å². The second kappa shape index (κ2) is 18.6. The summed E-state index contributed by atoms with van der Waals surface area (Å²) < 4.78 is 12.0. The molecule has 1 saturated carbocycles. The Morgan fingerprint density at radius 3 is 2.14 bits per heavy atom. The summed E-state index contributed by atoms with van der Waals surface area (Å²) in [6.07, 6.45) is -0.505. The number of aliphatic hydroxyl groups is 1. The lowest BCUT2D eigenvalue weighted by Crippen LogP contribution is -2.56. The summed E-state index contributed by atoms with van der Waals surface area (Å²) in [6.45, 7) is 13.6. The first-order chi connectivity index (χ1) is 24.0. The van der Waals surface area contributed by atoms with Gasteiger partial charge in [0.1, 0.15) is 0 Å². The van der Waals surface area contributed by atoms with Crippen molar-refractivity contribution in [2.24, 2.45) is 29.6 Å². The summed E-state index contributed by atoms with van der Waals surface area (Å²) in [7, 11) is 8.54. The van der Waals surface area contributed by atoms with Gasteiger partial charge in [-0.25, -0.2) is 0 Å². The molecule has 1 aromatic rings. The highest BCUT2D eigenvalue weighted by atomic mass is 16.5. The number of rotatable bonds is 19. The number of amides is 4. The molecule has 0 radical (unpaired) electrons. The van der Waals surface area contributed by atoms with Crippen LogP contribution in [0.15, 0.2) is 30.3 Å². The van der Waals surface area contributed by atoms with Crippen LogP contribution in [0.1, 0.15) is 79.4 Å². The monoisotopic (exact) mass is 715 g/mol. The minimum absolute atomic E-state index is 0.00299. The summed E-state index contributed by atoms with van der Waals surface area (Å²) in [6, 6.07) is 7.62. The maximum absolute atomic E-state index is 14.4. The van der Waals surface area contributed by atoms with E-state index < -0.39 is 36.3 Å². The van der Waals surface area contributed by atoms with Gasteiger partial charge in [0.05, 0.1) is 61.4 Å². The van der Waals surface area contributed by atoms with E-state index in [1.807, 2.05) is 81.9 Å². The van der Waals surface area contributed by atoms with Crippen molar-refractivity contribution in [3.63, 3.8) is 0 Å². The SMILES string of the molecule is CCC(C)C(C(CC(=O)N1C(C(OC)C(C)C(=O)NC(C)C(O)c2ccccc2)CC2C(C)C21)OC)N(C)C(=O)CNC(=O)C(C(C)C)N(C)C. The molecule has 0 aromatic heterocycles. The molecule has 3 N–H and O–H groups in total. The Morgan fingerprint density at radius 1 is 0.980 bits per heavy atom. The van der Waals surface area contributed by atoms with Crippen LogP contribution in [0, 0.1) is 29.6 Å². The van der Waals surface area contributed by atoms with Gasteiger partial charge < -0.3 is 35.0 Å². The van der Waals surface area contributed by atoms with Crippen molar-refractivity contribution >= 4 is 23.6 Å². The Labute approximate surface area is 306 Å². The number of nitrogens with one attached hydrogen (secondary N) is 2. The smallest absolute Gasteiger partial charge is 0.242 e. The van der Waals surface area contributed by atoms with E-state index in [0.29, 0.717) is 17.4 Å². The first kappa shape index (κ1) is 42.4. The van der Waals surface area contributed by atoms with Crippen molar-refractivity contribution in [1.29, 1.82) is 0 Å². The predicted molar refractivity (Wildman–Crippen MR) is 197 cm³/mol. The van der Waals surface area contributed by atoms with Gasteiger partial charge in [-0.3, -0.25) is 24.1 Å². The first-order valence-electron chi connectivity index (χ1n) is 18.6. The number of hydrogen-bond acceptors (Lipinski definition) is 8. The summed E-state index contributed by atoms with van der Waals surface area (Å²) in [5, 5.41) is 16.6. The van der Waals surface area contributed by atoms with Crippen molar-refractivity contribution in [1.82, 2.24) is 25.3 Å². The Balaban J connectivity index is 1.75. The third kappa shape index (κ3) is 9.88. The van der Waals surface area contributed by atoms with Crippen LogP contribution < -0.4 is 10.6 Å². The van der Waals surface area contributed by atoms with Crippen LogP contribution in [0.2, 0.25) is 0 Å². The summed E-state index contributed by atoms with van der Waals surface area (Å²) in [5.74, 6) is -0.686. The molecule has 2 aliphatic rings. The number of piperidine rings is 1. The van der Waals surface area contributed by atoms with Crippen LogP contribution >= 0.6 is 0 Å². The summed E-state index contributed by atoms with van der Waals surface area (Å²) in [4.78, 5) is 59.8. The Hall–Kier alpha value is -3.06. The van der Waals surface area contributed by atoms with Gasteiger partial charge in [0, 0.05) is 27.3 Å². The number of carbonyl (C=O) groups excluding carboxylic acids is 4. The van der Waals surface area contributed by atoms with Crippen LogP contribution in [0.5, 0.6) is 0 Å². The molecular weight excluding hydrogens is 650 g/mol. The molecule has 12 heteroatoms. The number of likely N-dealkylation sites (N-methyl/N-ethyl adjacent to an activating group) is 2. The Morgan fingerprint density at radius 2 is 1.61 bits per heavy atom. The number of fused-ring (bicyclic) bond motifs is 1. The lowest BCUT2D eigenvalue weighted by Gasteiger charge is -2.40. The number of benzene rings is 1.